The van der Waals surface area contributed by atoms with Gasteiger partial charge in [-0.1, -0.05) is 23.7 Å². The number of carbonyl (C=O) groups excluding carboxylic acids is 1. The van der Waals surface area contributed by atoms with Crippen LogP contribution < -0.4 is 4.74 Å². The van der Waals surface area contributed by atoms with Crippen LogP contribution in [0.25, 0.3) is 21.8 Å². The van der Waals surface area contributed by atoms with Crippen molar-refractivity contribution in [2.75, 3.05) is 14.2 Å². The van der Waals surface area contributed by atoms with Crippen LogP contribution in [-0.2, 0) is 16.0 Å². The maximum atomic E-state index is 11.8. The Labute approximate surface area is 155 Å². The predicted molar refractivity (Wildman–Crippen MR) is 100 cm³/mol. The van der Waals surface area contributed by atoms with Crippen molar-refractivity contribution >= 4 is 28.9 Å². The molecule has 0 aliphatic carbocycles. The van der Waals surface area contributed by atoms with Gasteiger partial charge in [-0.25, -0.2) is 4.98 Å². The van der Waals surface area contributed by atoms with Crippen molar-refractivity contribution in [2.24, 2.45) is 0 Å². The van der Waals surface area contributed by atoms with Gasteiger partial charge in [0.05, 0.1) is 26.3 Å². The number of hydrogen-bond donors (Lipinski definition) is 0. The first-order valence-corrected chi connectivity index (χ1v) is 8.77. The van der Waals surface area contributed by atoms with E-state index < -0.39 is 0 Å². The van der Waals surface area contributed by atoms with Crippen LogP contribution in [0.3, 0.4) is 0 Å². The monoisotopic (exact) mass is 373 g/mol. The lowest BCUT2D eigenvalue weighted by Gasteiger charge is -2.02. The van der Waals surface area contributed by atoms with Gasteiger partial charge in [0.15, 0.2) is 0 Å². The van der Waals surface area contributed by atoms with Crippen molar-refractivity contribution in [3.8, 4) is 27.6 Å². The molecule has 0 radical (unpaired) electrons. The Balaban J connectivity index is 2.03. The van der Waals surface area contributed by atoms with E-state index in [0.29, 0.717) is 5.02 Å². The van der Waals surface area contributed by atoms with E-state index in [-0.39, 0.29) is 12.4 Å². The van der Waals surface area contributed by atoms with Crippen molar-refractivity contribution < 1.29 is 14.3 Å². The van der Waals surface area contributed by atoms with E-state index >= 15 is 0 Å². The molecule has 3 aromatic rings. The summed E-state index contributed by atoms with van der Waals surface area (Å²) in [7, 11) is 3.02. The number of carbonyl (C=O) groups is 1. The summed E-state index contributed by atoms with van der Waals surface area (Å²) in [5.74, 6) is 0.494. The second-order valence-electron chi connectivity index (χ2n) is 5.28. The average molecular weight is 374 g/mol. The minimum atomic E-state index is -0.292. The van der Waals surface area contributed by atoms with Gasteiger partial charge in [-0.05, 0) is 36.4 Å². The molecule has 0 fully saturated rings. The number of hydrogen-bond acceptors (Lipinski definition) is 5. The molecule has 1 heterocycles. The molecule has 6 heteroatoms. The summed E-state index contributed by atoms with van der Waals surface area (Å²) in [6.07, 6.45) is 0.183. The number of rotatable bonds is 5. The average Bonchev–Trinajstić information content (AvgIpc) is 3.06. The highest BCUT2D eigenvalue weighted by Gasteiger charge is 2.17. The van der Waals surface area contributed by atoms with Crippen LogP contribution in [0.4, 0.5) is 0 Å². The van der Waals surface area contributed by atoms with Crippen molar-refractivity contribution in [2.45, 2.75) is 6.42 Å². The first kappa shape index (κ1) is 17.5. The maximum absolute atomic E-state index is 11.8. The zero-order valence-corrected chi connectivity index (χ0v) is 15.4. The molecule has 0 aliphatic heterocycles. The second kappa shape index (κ2) is 7.68. The molecule has 128 valence electrons. The van der Waals surface area contributed by atoms with Crippen molar-refractivity contribution in [1.29, 1.82) is 0 Å². The van der Waals surface area contributed by atoms with E-state index in [1.807, 2.05) is 48.5 Å². The molecule has 2 aromatic carbocycles. The van der Waals surface area contributed by atoms with Gasteiger partial charge in [-0.15, -0.1) is 11.3 Å². The minimum Gasteiger partial charge on any atom is -0.497 e. The van der Waals surface area contributed by atoms with Crippen LogP contribution >= 0.6 is 22.9 Å². The number of methoxy groups -OCH3 is 2. The smallest absolute Gasteiger partial charge is 0.310 e. The predicted octanol–water partition coefficient (Wildman–Crippen LogP) is 4.85. The Morgan fingerprint density at radius 2 is 1.68 bits per heavy atom. The summed E-state index contributed by atoms with van der Waals surface area (Å²) in [4.78, 5) is 17.4. The lowest BCUT2D eigenvalue weighted by Crippen LogP contribution is -2.03. The molecule has 0 spiro atoms. The van der Waals surface area contributed by atoms with E-state index in [1.165, 1.54) is 18.4 Å². The van der Waals surface area contributed by atoms with Crippen molar-refractivity contribution in [3.05, 3.63) is 58.4 Å². The molecule has 0 N–H and O–H groups in total. The summed E-state index contributed by atoms with van der Waals surface area (Å²) < 4.78 is 10.0. The van der Waals surface area contributed by atoms with Gasteiger partial charge in [-0.3, -0.25) is 4.79 Å². The summed E-state index contributed by atoms with van der Waals surface area (Å²) >= 11 is 7.45. The zero-order chi connectivity index (χ0) is 17.8. The molecule has 1 aromatic heterocycles. The Kier molecular flexibility index (Phi) is 5.36. The highest BCUT2D eigenvalue weighted by molar-refractivity contribution is 7.15. The normalized spacial score (nSPS) is 10.5. The molecule has 0 bridgehead atoms. The number of ether oxygens (including phenoxy) is 2. The lowest BCUT2D eigenvalue weighted by molar-refractivity contribution is -0.139. The number of thiazole rings is 1. The molecule has 0 amide bonds. The molecule has 3 rings (SSSR count). The van der Waals surface area contributed by atoms with E-state index in [0.717, 1.165) is 32.5 Å². The number of halogens is 1. The molecular weight excluding hydrogens is 358 g/mol. The Morgan fingerprint density at radius 3 is 2.28 bits per heavy atom. The lowest BCUT2D eigenvalue weighted by atomic mass is 10.1. The minimum absolute atomic E-state index is 0.183. The zero-order valence-electron chi connectivity index (χ0n) is 13.8. The largest absolute Gasteiger partial charge is 0.497 e. The topological polar surface area (TPSA) is 48.4 Å². The molecule has 0 aliphatic rings. The molecule has 0 unspecified atom stereocenters. The van der Waals surface area contributed by atoms with E-state index in [4.69, 9.17) is 26.1 Å². The summed E-state index contributed by atoms with van der Waals surface area (Å²) in [5, 5.41) is 1.50. The van der Waals surface area contributed by atoms with Gasteiger partial charge in [0.2, 0.25) is 0 Å². The summed E-state index contributed by atoms with van der Waals surface area (Å²) in [5.41, 5.74) is 2.66. The fourth-order valence-electron chi connectivity index (χ4n) is 2.37. The molecule has 0 saturated carbocycles. The fraction of sp³-hybridized carbons (Fsp3) is 0.158. The van der Waals surface area contributed by atoms with Crippen molar-refractivity contribution in [3.63, 3.8) is 0 Å². The number of aromatic nitrogens is 1. The van der Waals surface area contributed by atoms with Crippen LogP contribution in [0.2, 0.25) is 5.02 Å². The summed E-state index contributed by atoms with van der Waals surface area (Å²) in [6.45, 7) is 0. The third-order valence-corrected chi connectivity index (χ3v) is 5.04. The quantitative estimate of drug-likeness (QED) is 0.599. The van der Waals surface area contributed by atoms with Crippen LogP contribution in [0.1, 0.15) is 4.88 Å². The van der Waals surface area contributed by atoms with Gasteiger partial charge in [0, 0.05) is 21.0 Å². The number of esters is 1. The number of benzene rings is 2. The Bertz CT molecular complexity index is 873. The molecule has 4 nitrogen and oxygen atoms in total. The SMILES string of the molecule is COC(=O)Cc1sc(-c2ccc(OC)cc2)nc1-c1ccc(Cl)cc1. The molecule has 0 atom stereocenters. The maximum Gasteiger partial charge on any atom is 0.310 e. The van der Waals surface area contributed by atoms with Crippen LogP contribution in [0.15, 0.2) is 48.5 Å². The second-order valence-corrected chi connectivity index (χ2v) is 6.80. The Hall–Kier alpha value is -2.37. The van der Waals surface area contributed by atoms with E-state index in [1.54, 1.807) is 7.11 Å². The van der Waals surface area contributed by atoms with Crippen LogP contribution in [-0.4, -0.2) is 25.2 Å². The van der Waals surface area contributed by atoms with Gasteiger partial charge in [0.1, 0.15) is 10.8 Å². The van der Waals surface area contributed by atoms with Crippen LogP contribution in [0, 0.1) is 0 Å². The third-order valence-electron chi connectivity index (χ3n) is 3.68. The van der Waals surface area contributed by atoms with E-state index in [9.17, 15) is 4.79 Å². The van der Waals surface area contributed by atoms with Gasteiger partial charge < -0.3 is 9.47 Å². The fourth-order valence-corrected chi connectivity index (χ4v) is 3.57. The highest BCUT2D eigenvalue weighted by Crippen LogP contribution is 2.35. The summed E-state index contributed by atoms with van der Waals surface area (Å²) in [6, 6.07) is 15.1. The van der Waals surface area contributed by atoms with Gasteiger partial charge in [-0.2, -0.15) is 0 Å². The molecule has 0 saturated heterocycles. The van der Waals surface area contributed by atoms with Crippen molar-refractivity contribution in [1.82, 2.24) is 4.98 Å². The first-order valence-electron chi connectivity index (χ1n) is 7.57. The standard InChI is InChI=1S/C19H16ClNO3S/c1-23-15-9-5-13(6-10-15)19-21-18(12-3-7-14(20)8-4-12)16(25-19)11-17(22)24-2/h3-10H,11H2,1-2H3. The number of nitrogens with zero attached hydrogens (tertiary/aromatic N) is 1. The molecular formula is C19H16ClNO3S. The molecule has 25 heavy (non-hydrogen) atoms. The third kappa shape index (κ3) is 4.00. The Morgan fingerprint density at radius 1 is 1.04 bits per heavy atom. The van der Waals surface area contributed by atoms with E-state index in [2.05, 4.69) is 0 Å². The highest BCUT2D eigenvalue weighted by atomic mass is 35.5. The first-order chi connectivity index (χ1) is 12.1. The van der Waals surface area contributed by atoms with Gasteiger partial charge in [0.25, 0.3) is 0 Å². The van der Waals surface area contributed by atoms with Crippen LogP contribution in [0.5, 0.6) is 5.75 Å². The van der Waals surface area contributed by atoms with Gasteiger partial charge >= 0.3 is 5.97 Å².